The summed E-state index contributed by atoms with van der Waals surface area (Å²) < 4.78 is 30.9. The van der Waals surface area contributed by atoms with E-state index in [1.54, 1.807) is 18.2 Å². The lowest BCUT2D eigenvalue weighted by Gasteiger charge is -2.13. The third-order valence-electron chi connectivity index (χ3n) is 5.31. The van der Waals surface area contributed by atoms with Gasteiger partial charge >= 0.3 is 0 Å². The summed E-state index contributed by atoms with van der Waals surface area (Å²) in [4.78, 5) is 8.62. The number of nitriles is 1. The quantitative estimate of drug-likeness (QED) is 0.341. The minimum absolute atomic E-state index is 0.151. The maximum Gasteiger partial charge on any atom is 0.231 e. The van der Waals surface area contributed by atoms with Crippen LogP contribution in [0.4, 0.5) is 17.2 Å². The van der Waals surface area contributed by atoms with Crippen molar-refractivity contribution in [1.29, 1.82) is 5.26 Å². The normalized spacial score (nSPS) is 13.3. The van der Waals surface area contributed by atoms with Crippen LogP contribution in [0.1, 0.15) is 18.4 Å². The van der Waals surface area contributed by atoms with Crippen molar-refractivity contribution in [3.63, 3.8) is 0 Å². The van der Waals surface area contributed by atoms with Crippen LogP contribution in [0, 0.1) is 11.3 Å². The molecule has 0 bridgehead atoms. The minimum atomic E-state index is -3.42. The highest BCUT2D eigenvalue weighted by Crippen LogP contribution is 2.37. The number of hydrogen-bond donors (Lipinski definition) is 2. The third-order valence-corrected chi connectivity index (χ3v) is 6.17. The van der Waals surface area contributed by atoms with Crippen LogP contribution in [0.3, 0.4) is 0 Å². The van der Waals surface area contributed by atoms with E-state index in [0.717, 1.165) is 35.9 Å². The van der Waals surface area contributed by atoms with Crippen molar-refractivity contribution < 1.29 is 13.2 Å². The van der Waals surface area contributed by atoms with Gasteiger partial charge in [-0.2, -0.15) is 5.26 Å². The van der Waals surface area contributed by atoms with E-state index >= 15 is 0 Å². The Hall–Kier alpha value is -3.87. The molecule has 176 valence electrons. The fourth-order valence-corrected chi connectivity index (χ4v) is 4.31. The van der Waals surface area contributed by atoms with Gasteiger partial charge in [-0.05, 0) is 60.4 Å². The van der Waals surface area contributed by atoms with Gasteiger partial charge in [0.05, 0.1) is 40.2 Å². The zero-order chi connectivity index (χ0) is 24.6. The van der Waals surface area contributed by atoms with Crippen LogP contribution in [0.5, 0.6) is 5.75 Å². The number of halogens is 1. The molecule has 0 aliphatic heterocycles. The third kappa shape index (κ3) is 5.45. The van der Waals surface area contributed by atoms with Crippen molar-refractivity contribution in [1.82, 2.24) is 9.97 Å². The number of nitrogens with zero attached hydrogens (tertiary/aromatic N) is 3. The number of anilines is 3. The molecule has 1 heterocycles. The van der Waals surface area contributed by atoms with E-state index in [-0.39, 0.29) is 11.9 Å². The molecule has 0 spiro atoms. The Morgan fingerprint density at radius 2 is 1.77 bits per heavy atom. The van der Waals surface area contributed by atoms with E-state index in [4.69, 9.17) is 16.3 Å². The van der Waals surface area contributed by atoms with E-state index in [1.165, 1.54) is 6.20 Å². The Bertz CT molecular complexity index is 1580. The number of hydrogen-bond acceptors (Lipinski definition) is 7. The van der Waals surface area contributed by atoms with Crippen molar-refractivity contribution in [3.8, 4) is 22.9 Å². The number of fused-ring (bicyclic) bond motifs is 1. The van der Waals surface area contributed by atoms with Crippen molar-refractivity contribution in [3.05, 3.63) is 71.4 Å². The van der Waals surface area contributed by atoms with Gasteiger partial charge in [-0.3, -0.25) is 9.71 Å². The predicted molar refractivity (Wildman–Crippen MR) is 137 cm³/mol. The van der Waals surface area contributed by atoms with Crippen LogP contribution >= 0.6 is 11.6 Å². The Balaban J connectivity index is 1.34. The zero-order valence-electron chi connectivity index (χ0n) is 18.6. The first-order valence-electron chi connectivity index (χ1n) is 10.8. The average Bonchev–Trinajstić information content (AvgIpc) is 3.64. The number of benzene rings is 3. The summed E-state index contributed by atoms with van der Waals surface area (Å²) >= 11 is 6.38. The summed E-state index contributed by atoms with van der Waals surface area (Å²) in [6.45, 7) is 0. The zero-order valence-corrected chi connectivity index (χ0v) is 20.2. The van der Waals surface area contributed by atoms with E-state index in [1.807, 2.05) is 36.4 Å². The molecule has 0 amide bonds. The maximum atomic E-state index is 11.4. The summed E-state index contributed by atoms with van der Waals surface area (Å²) in [5, 5.41) is 13.2. The molecule has 1 saturated carbocycles. The number of nitrogens with one attached hydrogen (secondary N) is 2. The fourth-order valence-electron chi connectivity index (χ4n) is 3.56. The molecule has 0 radical (unpaired) electrons. The second kappa shape index (κ2) is 9.06. The lowest BCUT2D eigenvalue weighted by Crippen LogP contribution is -2.11. The molecule has 5 rings (SSSR count). The Morgan fingerprint density at radius 1 is 1.03 bits per heavy atom. The SMILES string of the molecule is CS(=O)(=O)Nc1cnc2cc(-c3ccc(Nc4cc(Cl)c(OC5CC5)c(C#N)c4)cc3)ccc2n1. The molecule has 1 aromatic heterocycles. The smallest absolute Gasteiger partial charge is 0.231 e. The largest absolute Gasteiger partial charge is 0.487 e. The topological polar surface area (TPSA) is 117 Å². The second-order valence-electron chi connectivity index (χ2n) is 8.30. The van der Waals surface area contributed by atoms with E-state index in [2.05, 4.69) is 26.1 Å². The summed E-state index contributed by atoms with van der Waals surface area (Å²) in [7, 11) is -3.42. The van der Waals surface area contributed by atoms with Crippen molar-refractivity contribution >= 4 is 49.9 Å². The van der Waals surface area contributed by atoms with E-state index < -0.39 is 10.0 Å². The highest BCUT2D eigenvalue weighted by atomic mass is 35.5. The van der Waals surface area contributed by atoms with Gasteiger partial charge in [-0.1, -0.05) is 29.8 Å². The van der Waals surface area contributed by atoms with Gasteiger partial charge in [0.1, 0.15) is 6.07 Å². The molecule has 35 heavy (non-hydrogen) atoms. The molecular weight excluding hydrogens is 486 g/mol. The first-order valence-corrected chi connectivity index (χ1v) is 13.1. The van der Waals surface area contributed by atoms with Crippen LogP contribution in [0.2, 0.25) is 5.02 Å². The van der Waals surface area contributed by atoms with E-state index in [0.29, 0.717) is 33.1 Å². The lowest BCUT2D eigenvalue weighted by molar-refractivity contribution is 0.302. The molecule has 8 nitrogen and oxygen atoms in total. The van der Waals surface area contributed by atoms with Crippen LogP contribution in [0.25, 0.3) is 22.2 Å². The molecule has 1 fully saturated rings. The van der Waals surface area contributed by atoms with E-state index in [9.17, 15) is 13.7 Å². The van der Waals surface area contributed by atoms with Crippen LogP contribution in [-0.2, 0) is 10.0 Å². The van der Waals surface area contributed by atoms with Gasteiger partial charge in [0.25, 0.3) is 0 Å². The molecule has 1 aliphatic rings. The first kappa shape index (κ1) is 22.9. The molecule has 0 saturated heterocycles. The predicted octanol–water partition coefficient (Wildman–Crippen LogP) is 5.48. The van der Waals surface area contributed by atoms with Crippen molar-refractivity contribution in [2.75, 3.05) is 16.3 Å². The molecule has 1 aliphatic carbocycles. The fraction of sp³-hybridized carbons (Fsp3) is 0.160. The molecule has 0 unspecified atom stereocenters. The Labute approximate surface area is 207 Å². The summed E-state index contributed by atoms with van der Waals surface area (Å²) in [5.41, 5.74) is 5.08. The molecular formula is C25H20ClN5O3S. The van der Waals surface area contributed by atoms with Crippen LogP contribution in [0.15, 0.2) is 60.8 Å². The van der Waals surface area contributed by atoms with Crippen molar-refractivity contribution in [2.24, 2.45) is 0 Å². The van der Waals surface area contributed by atoms with Gasteiger partial charge in [0.15, 0.2) is 11.6 Å². The Morgan fingerprint density at radius 3 is 2.46 bits per heavy atom. The summed E-state index contributed by atoms with van der Waals surface area (Å²) in [6.07, 6.45) is 4.58. The second-order valence-corrected chi connectivity index (χ2v) is 10.5. The van der Waals surface area contributed by atoms with Gasteiger partial charge in [-0.25, -0.2) is 13.4 Å². The first-order chi connectivity index (χ1) is 16.8. The minimum Gasteiger partial charge on any atom is -0.487 e. The van der Waals surface area contributed by atoms with Gasteiger partial charge < -0.3 is 10.1 Å². The monoisotopic (exact) mass is 505 g/mol. The number of rotatable bonds is 7. The number of aromatic nitrogens is 2. The van der Waals surface area contributed by atoms with Gasteiger partial charge in [-0.15, -0.1) is 0 Å². The summed E-state index contributed by atoms with van der Waals surface area (Å²) in [5.74, 6) is 0.617. The summed E-state index contributed by atoms with van der Waals surface area (Å²) in [6, 6.07) is 19.0. The number of sulfonamides is 1. The van der Waals surface area contributed by atoms with Crippen molar-refractivity contribution in [2.45, 2.75) is 18.9 Å². The van der Waals surface area contributed by atoms with Gasteiger partial charge in [0, 0.05) is 11.4 Å². The molecule has 10 heteroatoms. The lowest BCUT2D eigenvalue weighted by atomic mass is 10.0. The highest BCUT2D eigenvalue weighted by Gasteiger charge is 2.26. The average molecular weight is 506 g/mol. The Kier molecular flexibility index (Phi) is 5.93. The molecule has 0 atom stereocenters. The maximum absolute atomic E-state index is 11.4. The van der Waals surface area contributed by atoms with Crippen LogP contribution < -0.4 is 14.8 Å². The molecule has 3 aromatic carbocycles. The highest BCUT2D eigenvalue weighted by molar-refractivity contribution is 7.92. The standard InChI is InChI=1S/C25H20ClN5O3S/c1-35(32,33)31-24-14-28-23-11-16(4-9-22(23)30-24)15-2-5-18(6-3-15)29-19-10-17(13-27)25(21(26)12-19)34-20-7-8-20/h2-6,9-12,14,20,29H,7-8H2,1H3,(H,30,31). The van der Waals surface area contributed by atoms with Crippen LogP contribution in [-0.4, -0.2) is 30.7 Å². The number of ether oxygens (including phenoxy) is 1. The van der Waals surface area contributed by atoms with Gasteiger partial charge in [0.2, 0.25) is 10.0 Å². The molecule has 4 aromatic rings. The molecule has 2 N–H and O–H groups in total.